The predicted molar refractivity (Wildman–Crippen MR) is 87.2 cm³/mol. The lowest BCUT2D eigenvalue weighted by Gasteiger charge is -2.16. The van der Waals surface area contributed by atoms with Crippen molar-refractivity contribution in [2.45, 2.75) is 6.92 Å². The van der Waals surface area contributed by atoms with Crippen molar-refractivity contribution < 1.29 is 4.79 Å². The van der Waals surface area contributed by atoms with E-state index in [4.69, 9.17) is 11.6 Å². The van der Waals surface area contributed by atoms with Gasteiger partial charge < -0.3 is 9.88 Å². The maximum atomic E-state index is 12.5. The number of aryl methyl sites for hydroxylation is 1. The van der Waals surface area contributed by atoms with Gasteiger partial charge in [0, 0.05) is 28.7 Å². The SMILES string of the molecule is Cc1ccc(N(C)C(=O)c2cc3ccc(Cl)cc3[nH]2)cc1. The summed E-state index contributed by atoms with van der Waals surface area (Å²) in [5.41, 5.74) is 3.45. The third kappa shape index (κ3) is 2.65. The molecule has 0 spiro atoms. The fourth-order valence-corrected chi connectivity index (χ4v) is 2.45. The Labute approximate surface area is 128 Å². The van der Waals surface area contributed by atoms with E-state index in [1.54, 1.807) is 11.9 Å². The fourth-order valence-electron chi connectivity index (χ4n) is 2.28. The summed E-state index contributed by atoms with van der Waals surface area (Å²) in [6, 6.07) is 15.2. The molecule has 1 amide bonds. The van der Waals surface area contributed by atoms with E-state index in [2.05, 4.69) is 4.98 Å². The maximum Gasteiger partial charge on any atom is 0.274 e. The highest BCUT2D eigenvalue weighted by atomic mass is 35.5. The molecule has 106 valence electrons. The lowest BCUT2D eigenvalue weighted by molar-refractivity contribution is 0.0989. The van der Waals surface area contributed by atoms with E-state index in [9.17, 15) is 4.79 Å². The number of benzene rings is 2. The Morgan fingerprint density at radius 1 is 1.10 bits per heavy atom. The first-order valence-electron chi connectivity index (χ1n) is 6.67. The van der Waals surface area contributed by atoms with Crippen LogP contribution in [-0.2, 0) is 0 Å². The first-order valence-corrected chi connectivity index (χ1v) is 7.05. The number of rotatable bonds is 2. The monoisotopic (exact) mass is 298 g/mol. The highest BCUT2D eigenvalue weighted by Crippen LogP contribution is 2.22. The van der Waals surface area contributed by atoms with Gasteiger partial charge in [0.1, 0.15) is 5.69 Å². The lowest BCUT2D eigenvalue weighted by atomic mass is 10.2. The molecule has 21 heavy (non-hydrogen) atoms. The largest absolute Gasteiger partial charge is 0.350 e. The van der Waals surface area contributed by atoms with E-state index < -0.39 is 0 Å². The quantitative estimate of drug-likeness (QED) is 0.747. The molecule has 1 heterocycles. The summed E-state index contributed by atoms with van der Waals surface area (Å²) in [7, 11) is 1.77. The van der Waals surface area contributed by atoms with Crippen molar-refractivity contribution in [3.05, 3.63) is 64.8 Å². The summed E-state index contributed by atoms with van der Waals surface area (Å²) < 4.78 is 0. The van der Waals surface area contributed by atoms with Gasteiger partial charge in [0.25, 0.3) is 5.91 Å². The molecular formula is C17H15ClN2O. The number of fused-ring (bicyclic) bond motifs is 1. The van der Waals surface area contributed by atoms with Gasteiger partial charge in [-0.15, -0.1) is 0 Å². The number of hydrogen-bond acceptors (Lipinski definition) is 1. The van der Waals surface area contributed by atoms with Crippen LogP contribution < -0.4 is 4.90 Å². The summed E-state index contributed by atoms with van der Waals surface area (Å²) in [4.78, 5) is 17.3. The van der Waals surface area contributed by atoms with Crippen LogP contribution in [0.2, 0.25) is 5.02 Å². The van der Waals surface area contributed by atoms with Gasteiger partial charge in [-0.25, -0.2) is 0 Å². The van der Waals surface area contributed by atoms with E-state index in [-0.39, 0.29) is 5.91 Å². The molecule has 3 aromatic rings. The van der Waals surface area contributed by atoms with Gasteiger partial charge >= 0.3 is 0 Å². The molecule has 0 fully saturated rings. The maximum absolute atomic E-state index is 12.5. The van der Waals surface area contributed by atoms with E-state index in [1.165, 1.54) is 5.56 Å². The van der Waals surface area contributed by atoms with Crippen molar-refractivity contribution >= 4 is 34.1 Å². The number of aromatic amines is 1. The van der Waals surface area contributed by atoms with E-state index >= 15 is 0 Å². The molecule has 0 bridgehead atoms. The number of aromatic nitrogens is 1. The molecule has 3 nitrogen and oxygen atoms in total. The molecule has 4 heteroatoms. The number of nitrogens with one attached hydrogen (secondary N) is 1. The molecule has 0 radical (unpaired) electrons. The van der Waals surface area contributed by atoms with Crippen LogP contribution in [0.4, 0.5) is 5.69 Å². The van der Waals surface area contributed by atoms with Gasteiger partial charge in [-0.1, -0.05) is 35.4 Å². The van der Waals surface area contributed by atoms with Crippen LogP contribution in [-0.4, -0.2) is 17.9 Å². The molecule has 0 unspecified atom stereocenters. The Kier molecular flexibility index (Phi) is 3.43. The van der Waals surface area contributed by atoms with Gasteiger partial charge in [-0.2, -0.15) is 0 Å². The number of H-pyrrole nitrogens is 1. The normalized spacial score (nSPS) is 10.8. The number of halogens is 1. The number of nitrogens with zero attached hydrogens (tertiary/aromatic N) is 1. The van der Waals surface area contributed by atoms with Crippen LogP contribution in [0.15, 0.2) is 48.5 Å². The summed E-state index contributed by atoms with van der Waals surface area (Å²) in [6.07, 6.45) is 0. The molecule has 1 N–H and O–H groups in total. The molecule has 2 aromatic carbocycles. The van der Waals surface area contributed by atoms with Gasteiger partial charge in [0.05, 0.1) is 0 Å². The van der Waals surface area contributed by atoms with Crippen LogP contribution >= 0.6 is 11.6 Å². The highest BCUT2D eigenvalue weighted by molar-refractivity contribution is 6.31. The van der Waals surface area contributed by atoms with Crippen molar-refractivity contribution in [3.8, 4) is 0 Å². The molecule has 0 aliphatic rings. The minimum Gasteiger partial charge on any atom is -0.350 e. The molecule has 3 rings (SSSR count). The summed E-state index contributed by atoms with van der Waals surface area (Å²) in [5.74, 6) is -0.0776. The Morgan fingerprint density at radius 3 is 2.52 bits per heavy atom. The summed E-state index contributed by atoms with van der Waals surface area (Å²) in [5, 5.41) is 1.62. The third-order valence-electron chi connectivity index (χ3n) is 3.54. The van der Waals surface area contributed by atoms with Crippen molar-refractivity contribution in [2.75, 3.05) is 11.9 Å². The summed E-state index contributed by atoms with van der Waals surface area (Å²) in [6.45, 7) is 2.02. The lowest BCUT2D eigenvalue weighted by Crippen LogP contribution is -2.26. The molecule has 0 aliphatic carbocycles. The average molecular weight is 299 g/mol. The van der Waals surface area contributed by atoms with E-state index in [0.717, 1.165) is 16.6 Å². The molecule has 0 saturated heterocycles. The van der Waals surface area contributed by atoms with Crippen LogP contribution in [0.25, 0.3) is 10.9 Å². The van der Waals surface area contributed by atoms with Crippen molar-refractivity contribution in [1.29, 1.82) is 0 Å². The molecular weight excluding hydrogens is 284 g/mol. The standard InChI is InChI=1S/C17H15ClN2O/c1-11-3-7-14(8-4-11)20(2)17(21)16-9-12-5-6-13(18)10-15(12)19-16/h3-10,19H,1-2H3. The number of anilines is 1. The Hall–Kier alpha value is -2.26. The Balaban J connectivity index is 1.94. The third-order valence-corrected chi connectivity index (χ3v) is 3.78. The number of carbonyl (C=O) groups is 1. The van der Waals surface area contributed by atoms with Crippen LogP contribution in [0, 0.1) is 6.92 Å². The van der Waals surface area contributed by atoms with Gasteiger partial charge in [0.2, 0.25) is 0 Å². The second-order valence-corrected chi connectivity index (χ2v) is 5.55. The second kappa shape index (κ2) is 5.26. The Bertz CT molecular complexity index is 805. The van der Waals surface area contributed by atoms with Crippen LogP contribution in [0.5, 0.6) is 0 Å². The van der Waals surface area contributed by atoms with E-state index in [0.29, 0.717) is 10.7 Å². The molecule has 0 atom stereocenters. The molecule has 1 aromatic heterocycles. The first-order chi connectivity index (χ1) is 10.0. The van der Waals surface area contributed by atoms with E-state index in [1.807, 2.05) is 55.5 Å². The fraction of sp³-hybridized carbons (Fsp3) is 0.118. The van der Waals surface area contributed by atoms with Crippen molar-refractivity contribution in [2.24, 2.45) is 0 Å². The summed E-state index contributed by atoms with van der Waals surface area (Å²) >= 11 is 5.97. The zero-order valence-corrected chi connectivity index (χ0v) is 12.6. The van der Waals surface area contributed by atoms with Gasteiger partial charge in [0.15, 0.2) is 0 Å². The van der Waals surface area contributed by atoms with Crippen molar-refractivity contribution in [3.63, 3.8) is 0 Å². The number of hydrogen-bond donors (Lipinski definition) is 1. The minimum atomic E-state index is -0.0776. The molecule has 0 aliphatic heterocycles. The average Bonchev–Trinajstić information content (AvgIpc) is 2.89. The van der Waals surface area contributed by atoms with Crippen molar-refractivity contribution in [1.82, 2.24) is 4.98 Å². The first kappa shape index (κ1) is 13.7. The smallest absolute Gasteiger partial charge is 0.274 e. The van der Waals surface area contributed by atoms with Gasteiger partial charge in [-0.3, -0.25) is 4.79 Å². The Morgan fingerprint density at radius 2 is 1.81 bits per heavy atom. The zero-order valence-electron chi connectivity index (χ0n) is 11.9. The second-order valence-electron chi connectivity index (χ2n) is 5.11. The number of amides is 1. The van der Waals surface area contributed by atoms with Crippen LogP contribution in [0.3, 0.4) is 0 Å². The molecule has 0 saturated carbocycles. The predicted octanol–water partition coefficient (Wildman–Crippen LogP) is 4.41. The zero-order chi connectivity index (χ0) is 15.0. The van der Waals surface area contributed by atoms with Gasteiger partial charge in [-0.05, 0) is 37.3 Å². The topological polar surface area (TPSA) is 36.1 Å². The number of carbonyl (C=O) groups excluding carboxylic acids is 1. The highest BCUT2D eigenvalue weighted by Gasteiger charge is 2.15. The minimum absolute atomic E-state index is 0.0776. The van der Waals surface area contributed by atoms with Crippen LogP contribution in [0.1, 0.15) is 16.1 Å².